The van der Waals surface area contributed by atoms with Crippen LogP contribution in [-0.4, -0.2) is 66.9 Å². The molecular formula is C19H28N2O2S. The molecule has 2 aliphatic rings. The van der Waals surface area contributed by atoms with Crippen molar-refractivity contribution in [2.45, 2.75) is 37.2 Å². The van der Waals surface area contributed by atoms with Crippen LogP contribution in [0.2, 0.25) is 0 Å². The zero-order valence-electron chi connectivity index (χ0n) is 14.5. The largest absolute Gasteiger partial charge is 0.380 e. The van der Waals surface area contributed by atoms with E-state index in [-0.39, 0.29) is 0 Å². The quantitative estimate of drug-likeness (QED) is 0.791. The number of carbonyl (C=O) groups is 1. The van der Waals surface area contributed by atoms with Crippen LogP contribution in [0, 0.1) is 0 Å². The molecule has 0 aliphatic carbocycles. The highest BCUT2D eigenvalue weighted by Gasteiger charge is 2.31. The van der Waals surface area contributed by atoms with Gasteiger partial charge in [-0.05, 0) is 24.8 Å². The maximum absolute atomic E-state index is 12.4. The molecular weight excluding hydrogens is 320 g/mol. The number of piperidine rings is 1. The van der Waals surface area contributed by atoms with Gasteiger partial charge in [-0.15, -0.1) is 11.8 Å². The van der Waals surface area contributed by atoms with Crippen molar-refractivity contribution in [3.05, 3.63) is 35.9 Å². The van der Waals surface area contributed by atoms with E-state index < -0.39 is 0 Å². The van der Waals surface area contributed by atoms with Gasteiger partial charge in [-0.3, -0.25) is 9.69 Å². The number of thioether (sulfide) groups is 1. The SMILES string of the molecule is COC1CCN(C2CCN(C(=O)CSCc3ccccc3)CC2)C1. The molecule has 0 N–H and O–H groups in total. The van der Waals surface area contributed by atoms with E-state index in [9.17, 15) is 4.79 Å². The maximum Gasteiger partial charge on any atom is 0.232 e. The third kappa shape index (κ3) is 4.74. The molecule has 1 aromatic carbocycles. The monoisotopic (exact) mass is 348 g/mol. The van der Waals surface area contributed by atoms with Gasteiger partial charge in [0.1, 0.15) is 0 Å². The zero-order valence-corrected chi connectivity index (χ0v) is 15.3. The van der Waals surface area contributed by atoms with Crippen LogP contribution < -0.4 is 0 Å². The molecule has 1 atom stereocenters. The first-order chi connectivity index (χ1) is 11.8. The summed E-state index contributed by atoms with van der Waals surface area (Å²) in [6, 6.07) is 11.0. The van der Waals surface area contributed by atoms with Crippen LogP contribution in [-0.2, 0) is 15.3 Å². The average Bonchev–Trinajstić information content (AvgIpc) is 3.12. The molecule has 0 bridgehead atoms. The summed E-state index contributed by atoms with van der Waals surface area (Å²) < 4.78 is 5.46. The molecule has 3 rings (SSSR count). The van der Waals surface area contributed by atoms with Crippen LogP contribution in [0.5, 0.6) is 0 Å². The van der Waals surface area contributed by atoms with Gasteiger partial charge in [-0.1, -0.05) is 30.3 Å². The average molecular weight is 349 g/mol. The van der Waals surface area contributed by atoms with Gasteiger partial charge in [-0.2, -0.15) is 0 Å². The van der Waals surface area contributed by atoms with Crippen molar-refractivity contribution in [2.75, 3.05) is 39.0 Å². The Morgan fingerprint density at radius 1 is 1.17 bits per heavy atom. The van der Waals surface area contributed by atoms with Gasteiger partial charge in [-0.25, -0.2) is 0 Å². The fourth-order valence-electron chi connectivity index (χ4n) is 3.68. The molecule has 4 nitrogen and oxygen atoms in total. The van der Waals surface area contributed by atoms with Gasteiger partial charge >= 0.3 is 0 Å². The van der Waals surface area contributed by atoms with Crippen LogP contribution in [0.15, 0.2) is 30.3 Å². The molecule has 2 saturated heterocycles. The van der Waals surface area contributed by atoms with Crippen molar-refractivity contribution in [1.82, 2.24) is 9.80 Å². The fourth-order valence-corrected chi connectivity index (χ4v) is 4.57. The minimum atomic E-state index is 0.297. The molecule has 1 unspecified atom stereocenters. The Hall–Kier alpha value is -1.04. The first-order valence-electron chi connectivity index (χ1n) is 8.92. The summed E-state index contributed by atoms with van der Waals surface area (Å²) in [7, 11) is 1.81. The minimum absolute atomic E-state index is 0.297. The number of hydrogen-bond acceptors (Lipinski definition) is 4. The van der Waals surface area contributed by atoms with E-state index in [0.29, 0.717) is 23.8 Å². The Morgan fingerprint density at radius 3 is 2.58 bits per heavy atom. The Labute approximate surface area is 149 Å². The molecule has 0 spiro atoms. The third-order valence-electron chi connectivity index (χ3n) is 5.18. The smallest absolute Gasteiger partial charge is 0.232 e. The lowest BCUT2D eigenvalue weighted by Crippen LogP contribution is -2.46. The number of ether oxygens (including phenoxy) is 1. The molecule has 1 aromatic rings. The van der Waals surface area contributed by atoms with Crippen molar-refractivity contribution < 1.29 is 9.53 Å². The molecule has 0 saturated carbocycles. The molecule has 1 amide bonds. The number of amides is 1. The summed E-state index contributed by atoms with van der Waals surface area (Å²) in [6.07, 6.45) is 3.75. The van der Waals surface area contributed by atoms with Gasteiger partial charge in [0.2, 0.25) is 5.91 Å². The van der Waals surface area contributed by atoms with Crippen molar-refractivity contribution in [1.29, 1.82) is 0 Å². The number of hydrogen-bond donors (Lipinski definition) is 0. The number of methoxy groups -OCH3 is 1. The van der Waals surface area contributed by atoms with E-state index in [1.54, 1.807) is 11.8 Å². The number of nitrogens with zero attached hydrogens (tertiary/aromatic N) is 2. The second kappa shape index (κ2) is 8.88. The van der Waals surface area contributed by atoms with Crippen molar-refractivity contribution in [3.63, 3.8) is 0 Å². The fraction of sp³-hybridized carbons (Fsp3) is 0.632. The van der Waals surface area contributed by atoms with E-state index in [0.717, 1.165) is 51.2 Å². The molecule has 2 heterocycles. The highest BCUT2D eigenvalue weighted by molar-refractivity contribution is 7.99. The summed E-state index contributed by atoms with van der Waals surface area (Å²) in [4.78, 5) is 17.0. The molecule has 2 aliphatic heterocycles. The lowest BCUT2D eigenvalue weighted by atomic mass is 10.0. The van der Waals surface area contributed by atoms with Crippen LogP contribution in [0.25, 0.3) is 0 Å². The normalized spacial score (nSPS) is 22.9. The molecule has 5 heteroatoms. The van der Waals surface area contributed by atoms with Gasteiger partial charge in [0.05, 0.1) is 11.9 Å². The first kappa shape index (κ1) is 17.8. The standard InChI is InChI=1S/C19H28N2O2S/c1-23-18-9-12-21(13-18)17-7-10-20(11-8-17)19(22)15-24-14-16-5-3-2-4-6-16/h2-6,17-18H,7-15H2,1H3. The zero-order chi connectivity index (χ0) is 16.8. The minimum Gasteiger partial charge on any atom is -0.380 e. The topological polar surface area (TPSA) is 32.8 Å². The predicted octanol–water partition coefficient (Wildman–Crippen LogP) is 2.63. The predicted molar refractivity (Wildman–Crippen MR) is 99.2 cm³/mol. The third-order valence-corrected chi connectivity index (χ3v) is 6.17. The lowest BCUT2D eigenvalue weighted by Gasteiger charge is -2.36. The Bertz CT molecular complexity index is 517. The second-order valence-corrected chi connectivity index (χ2v) is 7.72. The lowest BCUT2D eigenvalue weighted by molar-refractivity contribution is -0.129. The Kier molecular flexibility index (Phi) is 6.58. The van der Waals surface area contributed by atoms with Crippen LogP contribution >= 0.6 is 11.8 Å². The maximum atomic E-state index is 12.4. The Balaban J connectivity index is 1.36. The molecule has 0 aromatic heterocycles. The highest BCUT2D eigenvalue weighted by Crippen LogP contribution is 2.23. The first-order valence-corrected chi connectivity index (χ1v) is 10.1. The van der Waals surface area contributed by atoms with E-state index in [2.05, 4.69) is 34.1 Å². The van der Waals surface area contributed by atoms with Gasteiger partial charge in [0.25, 0.3) is 0 Å². The summed E-state index contributed by atoms with van der Waals surface area (Å²) in [5, 5.41) is 0. The number of benzene rings is 1. The number of rotatable bonds is 6. The van der Waals surface area contributed by atoms with Crippen LogP contribution in [0.3, 0.4) is 0 Å². The van der Waals surface area contributed by atoms with E-state index in [4.69, 9.17) is 4.74 Å². The Morgan fingerprint density at radius 2 is 1.92 bits per heavy atom. The van der Waals surface area contributed by atoms with Gasteiger partial charge < -0.3 is 9.64 Å². The number of carbonyl (C=O) groups excluding carboxylic acids is 1. The number of likely N-dealkylation sites (tertiary alicyclic amines) is 2. The molecule has 132 valence electrons. The van der Waals surface area contributed by atoms with Gasteiger partial charge in [0.15, 0.2) is 0 Å². The van der Waals surface area contributed by atoms with E-state index in [1.807, 2.05) is 13.2 Å². The van der Waals surface area contributed by atoms with Crippen LogP contribution in [0.1, 0.15) is 24.8 Å². The summed E-state index contributed by atoms with van der Waals surface area (Å²) in [5.41, 5.74) is 1.29. The second-order valence-electron chi connectivity index (χ2n) is 6.73. The van der Waals surface area contributed by atoms with Crippen LogP contribution in [0.4, 0.5) is 0 Å². The summed E-state index contributed by atoms with van der Waals surface area (Å²) >= 11 is 1.72. The molecule has 0 radical (unpaired) electrons. The van der Waals surface area contributed by atoms with Crippen molar-refractivity contribution in [2.24, 2.45) is 0 Å². The van der Waals surface area contributed by atoms with Crippen molar-refractivity contribution >= 4 is 17.7 Å². The van der Waals surface area contributed by atoms with Crippen molar-refractivity contribution in [3.8, 4) is 0 Å². The van der Waals surface area contributed by atoms with E-state index >= 15 is 0 Å². The molecule has 24 heavy (non-hydrogen) atoms. The summed E-state index contributed by atoms with van der Waals surface area (Å²) in [5.74, 6) is 1.80. The highest BCUT2D eigenvalue weighted by atomic mass is 32.2. The molecule has 2 fully saturated rings. The van der Waals surface area contributed by atoms with Gasteiger partial charge in [0, 0.05) is 45.1 Å². The van der Waals surface area contributed by atoms with E-state index in [1.165, 1.54) is 5.56 Å². The summed E-state index contributed by atoms with van der Waals surface area (Å²) in [6.45, 7) is 4.01.